The van der Waals surface area contributed by atoms with E-state index in [4.69, 9.17) is 4.74 Å². The van der Waals surface area contributed by atoms with E-state index in [2.05, 4.69) is 31.4 Å². The van der Waals surface area contributed by atoms with Crippen LogP contribution in [0.5, 0.6) is 0 Å². The lowest BCUT2D eigenvalue weighted by Crippen LogP contribution is -2.38. The zero-order chi connectivity index (χ0) is 20.8. The number of rotatable bonds is 4. The third kappa shape index (κ3) is 3.54. The number of fused-ring (bicyclic) bond motifs is 3. The van der Waals surface area contributed by atoms with Crippen LogP contribution in [0.4, 0.5) is 5.00 Å². The third-order valence-corrected chi connectivity index (χ3v) is 7.91. The predicted octanol–water partition coefficient (Wildman–Crippen LogP) is 4.93. The highest BCUT2D eigenvalue weighted by molar-refractivity contribution is 7.16. The molecule has 0 unspecified atom stereocenters. The molecule has 4 rings (SSSR count). The molecule has 2 aromatic rings. The second-order valence-electron chi connectivity index (χ2n) is 8.65. The van der Waals surface area contributed by atoms with E-state index in [9.17, 15) is 9.59 Å². The zero-order valence-corrected chi connectivity index (χ0v) is 18.2. The number of benzene rings is 1. The van der Waals surface area contributed by atoms with Crippen LogP contribution in [0.3, 0.4) is 0 Å². The van der Waals surface area contributed by atoms with E-state index in [0.29, 0.717) is 16.9 Å². The van der Waals surface area contributed by atoms with Crippen molar-refractivity contribution in [2.24, 2.45) is 11.3 Å². The quantitative estimate of drug-likeness (QED) is 0.699. The van der Waals surface area contributed by atoms with Gasteiger partial charge in [-0.3, -0.25) is 4.79 Å². The predicted molar refractivity (Wildman–Crippen MR) is 116 cm³/mol. The number of ether oxygens (including phenoxy) is 1. The number of thiophene rings is 1. The number of anilines is 1. The average molecular weight is 413 g/mol. The van der Waals surface area contributed by atoms with Crippen LogP contribution in [0, 0.1) is 11.3 Å². The number of carbonyl (C=O) groups is 2. The smallest absolute Gasteiger partial charge is 0.337 e. The fourth-order valence-corrected chi connectivity index (χ4v) is 5.70. The van der Waals surface area contributed by atoms with Gasteiger partial charge in [0.25, 0.3) is 5.91 Å². The minimum Gasteiger partial charge on any atom is -0.465 e. The van der Waals surface area contributed by atoms with Crippen molar-refractivity contribution in [3.05, 3.63) is 51.4 Å². The molecule has 5 nitrogen and oxygen atoms in total. The summed E-state index contributed by atoms with van der Waals surface area (Å²) in [6.45, 7) is 6.98. The summed E-state index contributed by atoms with van der Waals surface area (Å²) in [6.07, 6.45) is 4.04. The Balaban J connectivity index is 1.58. The van der Waals surface area contributed by atoms with Crippen molar-refractivity contribution in [2.45, 2.75) is 52.6 Å². The lowest BCUT2D eigenvalue weighted by Gasteiger charge is -2.36. The van der Waals surface area contributed by atoms with Crippen LogP contribution in [-0.4, -0.2) is 19.0 Å². The molecule has 2 heterocycles. The first-order chi connectivity index (χ1) is 13.8. The number of methoxy groups -OCH3 is 1. The Morgan fingerprint density at radius 3 is 2.62 bits per heavy atom. The molecule has 0 fully saturated rings. The van der Waals surface area contributed by atoms with Gasteiger partial charge in [0.05, 0.1) is 18.2 Å². The van der Waals surface area contributed by atoms with E-state index < -0.39 is 0 Å². The molecule has 2 aliphatic rings. The van der Waals surface area contributed by atoms with Gasteiger partial charge in [-0.05, 0) is 53.9 Å². The van der Waals surface area contributed by atoms with Crippen LogP contribution in [-0.2, 0) is 17.6 Å². The molecule has 29 heavy (non-hydrogen) atoms. The minimum atomic E-state index is -0.366. The molecule has 6 heteroatoms. The van der Waals surface area contributed by atoms with Crippen molar-refractivity contribution >= 4 is 28.2 Å². The SMILES string of the molecule is CCC(C)(C)[C@@H]1CCc2c(sc3c2C(=O)N[C@H](c2ccc(C(=O)OC)cc2)N3)C1. The molecule has 0 saturated heterocycles. The molecule has 0 bridgehead atoms. The van der Waals surface area contributed by atoms with Gasteiger partial charge in [0.15, 0.2) is 0 Å². The Morgan fingerprint density at radius 2 is 1.97 bits per heavy atom. The van der Waals surface area contributed by atoms with Gasteiger partial charge < -0.3 is 15.4 Å². The van der Waals surface area contributed by atoms with Crippen molar-refractivity contribution in [3.8, 4) is 0 Å². The van der Waals surface area contributed by atoms with Crippen molar-refractivity contribution in [1.29, 1.82) is 0 Å². The maximum absolute atomic E-state index is 12.9. The van der Waals surface area contributed by atoms with Crippen molar-refractivity contribution in [1.82, 2.24) is 5.32 Å². The van der Waals surface area contributed by atoms with Gasteiger partial charge in [-0.1, -0.05) is 39.3 Å². The fourth-order valence-electron chi connectivity index (χ4n) is 4.35. The summed E-state index contributed by atoms with van der Waals surface area (Å²) in [5, 5.41) is 7.55. The van der Waals surface area contributed by atoms with E-state index in [1.807, 2.05) is 12.1 Å². The van der Waals surface area contributed by atoms with Gasteiger partial charge in [0, 0.05) is 4.88 Å². The average Bonchev–Trinajstić information content (AvgIpc) is 3.11. The van der Waals surface area contributed by atoms with Gasteiger partial charge in [0.1, 0.15) is 11.2 Å². The summed E-state index contributed by atoms with van der Waals surface area (Å²) in [6, 6.07) is 7.15. The number of hydrogen-bond donors (Lipinski definition) is 2. The highest BCUT2D eigenvalue weighted by atomic mass is 32.1. The van der Waals surface area contributed by atoms with E-state index >= 15 is 0 Å². The lowest BCUT2D eigenvalue weighted by molar-refractivity contribution is 0.0600. The summed E-state index contributed by atoms with van der Waals surface area (Å²) in [5.41, 5.74) is 3.79. The molecule has 154 valence electrons. The summed E-state index contributed by atoms with van der Waals surface area (Å²) in [7, 11) is 1.37. The van der Waals surface area contributed by atoms with Gasteiger partial charge in [-0.2, -0.15) is 0 Å². The third-order valence-electron chi connectivity index (χ3n) is 6.72. The summed E-state index contributed by atoms with van der Waals surface area (Å²) in [5.74, 6) is 0.284. The Morgan fingerprint density at radius 1 is 1.24 bits per heavy atom. The Kier molecular flexibility index (Phi) is 5.15. The molecule has 1 aliphatic carbocycles. The number of carbonyl (C=O) groups excluding carboxylic acids is 2. The van der Waals surface area contributed by atoms with Crippen molar-refractivity contribution in [2.75, 3.05) is 12.4 Å². The first-order valence-corrected chi connectivity index (χ1v) is 11.1. The van der Waals surface area contributed by atoms with Gasteiger partial charge in [0.2, 0.25) is 0 Å². The second-order valence-corrected chi connectivity index (χ2v) is 9.76. The molecule has 1 aromatic carbocycles. The van der Waals surface area contributed by atoms with E-state index in [1.54, 1.807) is 23.5 Å². The summed E-state index contributed by atoms with van der Waals surface area (Å²) < 4.78 is 4.75. The molecule has 2 N–H and O–H groups in total. The maximum Gasteiger partial charge on any atom is 0.337 e. The van der Waals surface area contributed by atoms with Crippen LogP contribution in [0.25, 0.3) is 0 Å². The largest absolute Gasteiger partial charge is 0.465 e. The first kappa shape index (κ1) is 20.0. The molecule has 1 amide bonds. The monoisotopic (exact) mass is 412 g/mol. The zero-order valence-electron chi connectivity index (χ0n) is 17.4. The van der Waals surface area contributed by atoms with Crippen LogP contribution < -0.4 is 10.6 Å². The van der Waals surface area contributed by atoms with E-state index in [0.717, 1.165) is 35.4 Å². The molecule has 0 saturated carbocycles. The molecule has 1 aliphatic heterocycles. The molecular weight excluding hydrogens is 384 g/mol. The highest BCUT2D eigenvalue weighted by Gasteiger charge is 2.37. The van der Waals surface area contributed by atoms with Gasteiger partial charge >= 0.3 is 5.97 Å². The molecule has 0 radical (unpaired) electrons. The number of esters is 1. The van der Waals surface area contributed by atoms with Gasteiger partial charge in [-0.25, -0.2) is 4.79 Å². The fraction of sp³-hybridized carbons (Fsp3) is 0.478. The maximum atomic E-state index is 12.9. The topological polar surface area (TPSA) is 67.4 Å². The molecule has 1 aromatic heterocycles. The summed E-state index contributed by atoms with van der Waals surface area (Å²) >= 11 is 1.74. The van der Waals surface area contributed by atoms with Gasteiger partial charge in [-0.15, -0.1) is 11.3 Å². The summed E-state index contributed by atoms with van der Waals surface area (Å²) in [4.78, 5) is 25.9. The van der Waals surface area contributed by atoms with Crippen molar-refractivity contribution < 1.29 is 14.3 Å². The normalized spacial score (nSPS) is 20.9. The Bertz CT molecular complexity index is 946. The van der Waals surface area contributed by atoms with Crippen LogP contribution in [0.2, 0.25) is 0 Å². The standard InChI is InChI=1S/C23H28N2O3S/c1-5-23(2,3)15-10-11-16-17(12-15)29-21-18(16)20(26)24-19(25-21)13-6-8-14(9-7-13)22(27)28-4/h6-9,15,19,25H,5,10-12H2,1-4H3,(H,24,26)/t15-,19+/m1/s1. The number of nitrogens with one attached hydrogen (secondary N) is 2. The number of hydrogen-bond acceptors (Lipinski definition) is 5. The van der Waals surface area contributed by atoms with Crippen LogP contribution >= 0.6 is 11.3 Å². The van der Waals surface area contributed by atoms with E-state index in [1.165, 1.54) is 24.0 Å². The Labute approximate surface area is 175 Å². The van der Waals surface area contributed by atoms with Crippen LogP contribution in [0.15, 0.2) is 24.3 Å². The minimum absolute atomic E-state index is 0.00787. The first-order valence-electron chi connectivity index (χ1n) is 10.2. The molecule has 0 spiro atoms. The highest BCUT2D eigenvalue weighted by Crippen LogP contribution is 2.46. The molecule has 2 atom stereocenters. The molecular formula is C23H28N2O3S. The number of amides is 1. The lowest BCUT2D eigenvalue weighted by atomic mass is 9.69. The Hall–Kier alpha value is -2.34. The second kappa shape index (κ2) is 7.48. The van der Waals surface area contributed by atoms with Crippen LogP contribution in [0.1, 0.15) is 76.5 Å². The van der Waals surface area contributed by atoms with E-state index in [-0.39, 0.29) is 18.0 Å². The van der Waals surface area contributed by atoms with Crippen molar-refractivity contribution in [3.63, 3.8) is 0 Å².